The number of benzene rings is 1. The summed E-state index contributed by atoms with van der Waals surface area (Å²) in [6, 6.07) is 10.6. The molecule has 1 unspecified atom stereocenters. The van der Waals surface area contributed by atoms with Gasteiger partial charge < -0.3 is 0 Å². The van der Waals surface area contributed by atoms with Crippen molar-refractivity contribution in [3.05, 3.63) is 41.5 Å². The van der Waals surface area contributed by atoms with Crippen LogP contribution >= 0.6 is 0 Å². The lowest BCUT2D eigenvalue weighted by molar-refractivity contribution is 0.854. The molecule has 1 aliphatic rings. The molecule has 0 bridgehead atoms. The van der Waals surface area contributed by atoms with Gasteiger partial charge in [0.15, 0.2) is 0 Å². The Morgan fingerprint density at radius 1 is 1.43 bits per heavy atom. The molecule has 1 aromatic carbocycles. The summed E-state index contributed by atoms with van der Waals surface area (Å²) in [6.45, 7) is 2.16. The second-order valence-corrected chi connectivity index (χ2v) is 3.59. The molecule has 0 saturated heterocycles. The van der Waals surface area contributed by atoms with Gasteiger partial charge in [0.2, 0.25) is 0 Å². The maximum Gasteiger partial charge on any atom is 0.0753 e. The van der Waals surface area contributed by atoms with Crippen LogP contribution in [0, 0.1) is 11.3 Å². The summed E-state index contributed by atoms with van der Waals surface area (Å²) in [5.41, 5.74) is 3.86. The maximum absolute atomic E-state index is 9.02. The van der Waals surface area contributed by atoms with Crippen molar-refractivity contribution in [1.29, 1.82) is 5.26 Å². The lowest BCUT2D eigenvalue weighted by Crippen LogP contribution is -2.04. The Bertz CT molecular complexity index is 409. The van der Waals surface area contributed by atoms with E-state index in [2.05, 4.69) is 31.2 Å². The third kappa shape index (κ3) is 1.33. The second kappa shape index (κ2) is 3.67. The van der Waals surface area contributed by atoms with E-state index in [9.17, 15) is 0 Å². The van der Waals surface area contributed by atoms with E-state index in [0.717, 1.165) is 12.8 Å². The highest BCUT2D eigenvalue weighted by molar-refractivity contribution is 5.71. The van der Waals surface area contributed by atoms with Crippen molar-refractivity contribution in [3.63, 3.8) is 0 Å². The number of allylic oxidation sites excluding steroid dienone is 2. The Hall–Kier alpha value is -1.55. The van der Waals surface area contributed by atoms with E-state index in [-0.39, 0.29) is 5.92 Å². The molecule has 1 atom stereocenters. The molecule has 0 N–H and O–H groups in total. The fourth-order valence-electron chi connectivity index (χ4n) is 2.05. The smallest absolute Gasteiger partial charge is 0.0753 e. The normalized spacial score (nSPS) is 19.4. The van der Waals surface area contributed by atoms with E-state index < -0.39 is 0 Å². The molecule has 0 heterocycles. The summed E-state index contributed by atoms with van der Waals surface area (Å²) in [6.07, 6.45) is 4.13. The van der Waals surface area contributed by atoms with Gasteiger partial charge in [0.25, 0.3) is 0 Å². The average molecular weight is 183 g/mol. The number of hydrogen-bond acceptors (Lipinski definition) is 1. The van der Waals surface area contributed by atoms with Gasteiger partial charge in [-0.3, -0.25) is 0 Å². The molecule has 14 heavy (non-hydrogen) atoms. The van der Waals surface area contributed by atoms with E-state index >= 15 is 0 Å². The number of nitriles is 1. The highest BCUT2D eigenvalue weighted by atomic mass is 14.3. The van der Waals surface area contributed by atoms with E-state index in [1.807, 2.05) is 12.1 Å². The predicted octanol–water partition coefficient (Wildman–Crippen LogP) is 3.49. The van der Waals surface area contributed by atoms with Crippen LogP contribution in [0.25, 0.3) is 5.57 Å². The zero-order valence-electron chi connectivity index (χ0n) is 8.33. The standard InChI is InChI=1S/C13H13N/c1-2-10-7-8-11(9-14)13-6-4-3-5-12(10)13/h3-7,11H,2,8H2,1H3. The van der Waals surface area contributed by atoms with Crippen LogP contribution < -0.4 is 0 Å². The van der Waals surface area contributed by atoms with Crippen molar-refractivity contribution in [1.82, 2.24) is 0 Å². The zero-order valence-corrected chi connectivity index (χ0v) is 8.33. The summed E-state index contributed by atoms with van der Waals surface area (Å²) < 4.78 is 0. The molecule has 0 radical (unpaired) electrons. The number of rotatable bonds is 1. The fraction of sp³-hybridized carbons (Fsp3) is 0.308. The lowest BCUT2D eigenvalue weighted by Gasteiger charge is -2.20. The minimum absolute atomic E-state index is 0.0569. The van der Waals surface area contributed by atoms with Crippen LogP contribution in [0.15, 0.2) is 30.3 Å². The van der Waals surface area contributed by atoms with Gasteiger partial charge in [-0.15, -0.1) is 0 Å². The molecule has 70 valence electrons. The molecule has 1 aromatic rings. The highest BCUT2D eigenvalue weighted by Gasteiger charge is 2.19. The molecule has 0 fully saturated rings. The average Bonchev–Trinajstić information content (AvgIpc) is 2.27. The number of hydrogen-bond donors (Lipinski definition) is 0. The van der Waals surface area contributed by atoms with Gasteiger partial charge in [0, 0.05) is 0 Å². The van der Waals surface area contributed by atoms with Crippen molar-refractivity contribution < 1.29 is 0 Å². The topological polar surface area (TPSA) is 23.8 Å². The third-order valence-electron chi connectivity index (χ3n) is 2.82. The fourth-order valence-corrected chi connectivity index (χ4v) is 2.05. The Balaban J connectivity index is 2.53. The van der Waals surface area contributed by atoms with Gasteiger partial charge in [0.1, 0.15) is 0 Å². The van der Waals surface area contributed by atoms with Gasteiger partial charge >= 0.3 is 0 Å². The third-order valence-corrected chi connectivity index (χ3v) is 2.82. The van der Waals surface area contributed by atoms with Crippen LogP contribution in [0.4, 0.5) is 0 Å². The van der Waals surface area contributed by atoms with Gasteiger partial charge in [-0.1, -0.05) is 37.3 Å². The van der Waals surface area contributed by atoms with Gasteiger partial charge in [-0.05, 0) is 29.5 Å². The molecule has 1 nitrogen and oxygen atoms in total. The van der Waals surface area contributed by atoms with E-state index in [1.165, 1.54) is 16.7 Å². The molecule has 0 saturated carbocycles. The Labute approximate surface area is 84.7 Å². The Kier molecular flexibility index (Phi) is 2.37. The summed E-state index contributed by atoms with van der Waals surface area (Å²) in [5.74, 6) is 0.0569. The molecule has 2 rings (SSSR count). The molecule has 1 aliphatic carbocycles. The molecule has 0 amide bonds. The van der Waals surface area contributed by atoms with E-state index in [0.29, 0.717) is 0 Å². The van der Waals surface area contributed by atoms with E-state index in [1.54, 1.807) is 0 Å². The minimum Gasteiger partial charge on any atom is -0.198 e. The first kappa shape index (κ1) is 9.02. The van der Waals surface area contributed by atoms with Crippen LogP contribution in [0.2, 0.25) is 0 Å². The second-order valence-electron chi connectivity index (χ2n) is 3.59. The van der Waals surface area contributed by atoms with Gasteiger partial charge in [-0.25, -0.2) is 0 Å². The summed E-state index contributed by atoms with van der Waals surface area (Å²) in [7, 11) is 0. The zero-order chi connectivity index (χ0) is 9.97. The molecular formula is C13H13N. The quantitative estimate of drug-likeness (QED) is 0.653. The largest absolute Gasteiger partial charge is 0.198 e. The Morgan fingerprint density at radius 3 is 2.93 bits per heavy atom. The summed E-state index contributed by atoms with van der Waals surface area (Å²) >= 11 is 0. The van der Waals surface area contributed by atoms with Gasteiger partial charge in [-0.2, -0.15) is 5.26 Å². The molecule has 0 spiro atoms. The Morgan fingerprint density at radius 2 is 2.21 bits per heavy atom. The highest BCUT2D eigenvalue weighted by Crippen LogP contribution is 2.35. The maximum atomic E-state index is 9.02. The van der Waals surface area contributed by atoms with Crippen LogP contribution in [0.5, 0.6) is 0 Å². The first-order valence-electron chi connectivity index (χ1n) is 5.04. The van der Waals surface area contributed by atoms with Gasteiger partial charge in [0.05, 0.1) is 12.0 Å². The number of fused-ring (bicyclic) bond motifs is 1. The van der Waals surface area contributed by atoms with Crippen molar-refractivity contribution >= 4 is 5.57 Å². The van der Waals surface area contributed by atoms with Crippen molar-refractivity contribution in [3.8, 4) is 6.07 Å². The molecular weight excluding hydrogens is 170 g/mol. The monoisotopic (exact) mass is 183 g/mol. The first-order chi connectivity index (χ1) is 6.86. The molecule has 0 aromatic heterocycles. The van der Waals surface area contributed by atoms with Crippen LogP contribution in [-0.4, -0.2) is 0 Å². The minimum atomic E-state index is 0.0569. The first-order valence-corrected chi connectivity index (χ1v) is 5.04. The SMILES string of the molecule is CCC1=CCC(C#N)c2ccccc21. The van der Waals surface area contributed by atoms with Crippen molar-refractivity contribution in [2.75, 3.05) is 0 Å². The predicted molar refractivity (Wildman–Crippen MR) is 57.7 cm³/mol. The van der Waals surface area contributed by atoms with Crippen molar-refractivity contribution in [2.24, 2.45) is 0 Å². The molecule has 0 aliphatic heterocycles. The van der Waals surface area contributed by atoms with Crippen LogP contribution in [-0.2, 0) is 0 Å². The summed E-state index contributed by atoms with van der Waals surface area (Å²) in [4.78, 5) is 0. The van der Waals surface area contributed by atoms with Crippen LogP contribution in [0.3, 0.4) is 0 Å². The molecule has 1 heteroatoms. The lowest BCUT2D eigenvalue weighted by atomic mass is 9.83. The summed E-state index contributed by atoms with van der Waals surface area (Å²) in [5, 5.41) is 9.02. The van der Waals surface area contributed by atoms with Crippen molar-refractivity contribution in [2.45, 2.75) is 25.7 Å². The van der Waals surface area contributed by atoms with E-state index in [4.69, 9.17) is 5.26 Å². The number of nitrogens with zero attached hydrogens (tertiary/aromatic N) is 1. The van der Waals surface area contributed by atoms with Crippen LogP contribution in [0.1, 0.15) is 36.8 Å².